The second-order valence-electron chi connectivity index (χ2n) is 3.36. The highest BCUT2D eigenvalue weighted by molar-refractivity contribution is 7.14. The van der Waals surface area contributed by atoms with Crippen molar-refractivity contribution < 1.29 is 14.6 Å². The third-order valence-electron chi connectivity index (χ3n) is 2.47. The van der Waals surface area contributed by atoms with E-state index in [1.807, 2.05) is 6.07 Å². The van der Waals surface area contributed by atoms with Crippen molar-refractivity contribution in [3.63, 3.8) is 0 Å². The number of anilines is 1. The second kappa shape index (κ2) is 4.58. The van der Waals surface area contributed by atoms with Crippen LogP contribution >= 0.6 is 11.5 Å². The van der Waals surface area contributed by atoms with E-state index in [0.717, 1.165) is 10.1 Å². The summed E-state index contributed by atoms with van der Waals surface area (Å²) in [4.78, 5) is 12.2. The SMILES string of the molecule is CCN(C(=O)[O-])c1cccc2c(OC)nsc12. The molecule has 1 heterocycles. The molecule has 0 radical (unpaired) electrons. The molecule has 1 aromatic carbocycles. The number of benzene rings is 1. The Morgan fingerprint density at radius 3 is 2.94 bits per heavy atom. The number of carbonyl (C=O) groups is 1. The van der Waals surface area contributed by atoms with Crippen LogP contribution in [0.2, 0.25) is 0 Å². The molecular weight excluding hydrogens is 240 g/mol. The number of amides is 1. The molecule has 6 heteroatoms. The van der Waals surface area contributed by atoms with Crippen LogP contribution in [0, 0.1) is 0 Å². The zero-order valence-electron chi connectivity index (χ0n) is 9.47. The van der Waals surface area contributed by atoms with Crippen LogP contribution < -0.4 is 14.7 Å². The molecule has 0 saturated heterocycles. The molecule has 0 saturated carbocycles. The van der Waals surface area contributed by atoms with Gasteiger partial charge in [-0.05, 0) is 30.6 Å². The Labute approximate surface area is 102 Å². The molecule has 5 nitrogen and oxygen atoms in total. The molecule has 0 fully saturated rings. The molecule has 0 unspecified atom stereocenters. The van der Waals surface area contributed by atoms with E-state index in [1.54, 1.807) is 19.1 Å². The summed E-state index contributed by atoms with van der Waals surface area (Å²) in [6.45, 7) is 2.09. The molecule has 1 aromatic heterocycles. The van der Waals surface area contributed by atoms with E-state index in [-0.39, 0.29) is 0 Å². The molecule has 0 spiro atoms. The molecular formula is C11H11N2O3S-. The molecule has 0 N–H and O–H groups in total. The molecule has 17 heavy (non-hydrogen) atoms. The minimum absolute atomic E-state index is 0.335. The monoisotopic (exact) mass is 251 g/mol. The number of carbonyl (C=O) groups excluding carboxylic acids is 1. The lowest BCUT2D eigenvalue weighted by atomic mass is 10.2. The lowest BCUT2D eigenvalue weighted by molar-refractivity contribution is -0.246. The summed E-state index contributed by atoms with van der Waals surface area (Å²) in [5.74, 6) is 0.515. The van der Waals surface area contributed by atoms with Crippen LogP contribution in [0.15, 0.2) is 18.2 Å². The fourth-order valence-electron chi connectivity index (χ4n) is 1.68. The van der Waals surface area contributed by atoms with Gasteiger partial charge in [-0.25, -0.2) is 0 Å². The molecule has 2 aromatic rings. The number of hydrogen-bond acceptors (Lipinski definition) is 5. The molecule has 0 atom stereocenters. The minimum Gasteiger partial charge on any atom is -0.530 e. The van der Waals surface area contributed by atoms with E-state index in [4.69, 9.17) is 4.74 Å². The fourth-order valence-corrected chi connectivity index (χ4v) is 2.56. The smallest absolute Gasteiger partial charge is 0.233 e. The molecule has 2 rings (SSSR count). The largest absolute Gasteiger partial charge is 0.530 e. The zero-order chi connectivity index (χ0) is 12.4. The number of methoxy groups -OCH3 is 1. The van der Waals surface area contributed by atoms with Gasteiger partial charge in [0.15, 0.2) is 0 Å². The minimum atomic E-state index is -1.22. The van der Waals surface area contributed by atoms with Gasteiger partial charge in [0.2, 0.25) is 5.88 Å². The number of nitrogens with zero attached hydrogens (tertiary/aromatic N) is 2. The number of ether oxygens (including phenoxy) is 1. The molecule has 90 valence electrons. The van der Waals surface area contributed by atoms with Crippen LogP contribution in [-0.4, -0.2) is 24.1 Å². The van der Waals surface area contributed by atoms with Gasteiger partial charge in [0.1, 0.15) is 6.09 Å². The Hall–Kier alpha value is -1.82. The van der Waals surface area contributed by atoms with E-state index in [2.05, 4.69) is 4.37 Å². The highest BCUT2D eigenvalue weighted by Crippen LogP contribution is 2.35. The highest BCUT2D eigenvalue weighted by Gasteiger charge is 2.14. The maximum Gasteiger partial charge on any atom is 0.233 e. The van der Waals surface area contributed by atoms with E-state index < -0.39 is 6.09 Å². The lowest BCUT2D eigenvalue weighted by Gasteiger charge is -2.23. The first kappa shape index (κ1) is 11.7. The van der Waals surface area contributed by atoms with Gasteiger partial charge >= 0.3 is 0 Å². The first-order chi connectivity index (χ1) is 8.19. The van der Waals surface area contributed by atoms with Gasteiger partial charge in [-0.3, -0.25) is 0 Å². The standard InChI is InChI=1S/C11H12N2O3S/c1-3-13(11(14)15)8-6-4-5-7-9(8)17-12-10(7)16-2/h4-6H,3H2,1-2H3,(H,14,15)/p-1. The van der Waals surface area contributed by atoms with Gasteiger partial charge in [-0.1, -0.05) is 6.07 Å². The fraction of sp³-hybridized carbons (Fsp3) is 0.273. The van der Waals surface area contributed by atoms with E-state index in [1.165, 1.54) is 23.5 Å². The van der Waals surface area contributed by atoms with Crippen LogP contribution in [0.1, 0.15) is 6.92 Å². The topological polar surface area (TPSA) is 65.5 Å². The van der Waals surface area contributed by atoms with Crippen molar-refractivity contribution in [2.45, 2.75) is 6.92 Å². The van der Waals surface area contributed by atoms with Crippen molar-refractivity contribution in [2.24, 2.45) is 0 Å². The van der Waals surface area contributed by atoms with Crippen molar-refractivity contribution in [3.05, 3.63) is 18.2 Å². The molecule has 0 aliphatic carbocycles. The van der Waals surface area contributed by atoms with Crippen LogP contribution in [0.3, 0.4) is 0 Å². The molecule has 0 bridgehead atoms. The Balaban J connectivity index is 2.61. The maximum absolute atomic E-state index is 11.0. The van der Waals surface area contributed by atoms with Crippen molar-refractivity contribution in [2.75, 3.05) is 18.6 Å². The average Bonchev–Trinajstić information content (AvgIpc) is 2.73. The molecule has 0 aliphatic rings. The summed E-state index contributed by atoms with van der Waals surface area (Å²) in [5, 5.41) is 11.8. The molecule has 0 aliphatic heterocycles. The number of fused-ring (bicyclic) bond motifs is 1. The lowest BCUT2D eigenvalue weighted by Crippen LogP contribution is -2.41. The third kappa shape index (κ3) is 1.91. The average molecular weight is 251 g/mol. The van der Waals surface area contributed by atoms with Crippen molar-refractivity contribution >= 4 is 33.4 Å². The summed E-state index contributed by atoms with van der Waals surface area (Å²) in [6, 6.07) is 5.36. The summed E-state index contributed by atoms with van der Waals surface area (Å²) in [6.07, 6.45) is -1.22. The molecule has 1 amide bonds. The van der Waals surface area contributed by atoms with E-state index in [9.17, 15) is 9.90 Å². The third-order valence-corrected chi connectivity index (χ3v) is 3.33. The van der Waals surface area contributed by atoms with Crippen molar-refractivity contribution in [1.29, 1.82) is 0 Å². The van der Waals surface area contributed by atoms with Gasteiger partial charge in [-0.15, -0.1) is 0 Å². The van der Waals surface area contributed by atoms with Gasteiger partial charge in [0.05, 0.1) is 22.9 Å². The number of hydrogen-bond donors (Lipinski definition) is 0. The first-order valence-electron chi connectivity index (χ1n) is 5.10. The first-order valence-corrected chi connectivity index (χ1v) is 5.87. The maximum atomic E-state index is 11.0. The van der Waals surface area contributed by atoms with Gasteiger partial charge in [0, 0.05) is 6.54 Å². The quantitative estimate of drug-likeness (QED) is 0.828. The Bertz CT molecular complexity index is 553. The van der Waals surface area contributed by atoms with Crippen LogP contribution in [-0.2, 0) is 0 Å². The Morgan fingerprint density at radius 1 is 1.59 bits per heavy atom. The second-order valence-corrected chi connectivity index (χ2v) is 4.13. The normalized spacial score (nSPS) is 10.5. The van der Waals surface area contributed by atoms with Crippen molar-refractivity contribution in [1.82, 2.24) is 4.37 Å². The van der Waals surface area contributed by atoms with Gasteiger partial charge in [0.25, 0.3) is 0 Å². The van der Waals surface area contributed by atoms with Crippen LogP contribution in [0.5, 0.6) is 5.88 Å². The predicted octanol–water partition coefficient (Wildman–Crippen LogP) is 1.47. The summed E-state index contributed by atoms with van der Waals surface area (Å²) in [5.41, 5.74) is 0.589. The summed E-state index contributed by atoms with van der Waals surface area (Å²) in [7, 11) is 1.54. The van der Waals surface area contributed by atoms with E-state index in [0.29, 0.717) is 18.1 Å². The van der Waals surface area contributed by atoms with E-state index >= 15 is 0 Å². The zero-order valence-corrected chi connectivity index (χ0v) is 10.3. The number of aromatic nitrogens is 1. The predicted molar refractivity (Wildman–Crippen MR) is 64.6 cm³/mol. The van der Waals surface area contributed by atoms with Crippen LogP contribution in [0.25, 0.3) is 10.1 Å². The van der Waals surface area contributed by atoms with Crippen molar-refractivity contribution in [3.8, 4) is 5.88 Å². The Kier molecular flexibility index (Phi) is 3.14. The van der Waals surface area contributed by atoms with Crippen LogP contribution in [0.4, 0.5) is 10.5 Å². The summed E-state index contributed by atoms with van der Waals surface area (Å²) >= 11 is 1.22. The number of rotatable bonds is 3. The highest BCUT2D eigenvalue weighted by atomic mass is 32.1. The summed E-state index contributed by atoms with van der Waals surface area (Å²) < 4.78 is 10.0. The Morgan fingerprint density at radius 2 is 2.35 bits per heavy atom. The number of carboxylic acid groups (broad SMARTS) is 1. The van der Waals surface area contributed by atoms with Gasteiger partial charge in [-0.2, -0.15) is 4.37 Å². The van der Waals surface area contributed by atoms with Gasteiger partial charge < -0.3 is 19.5 Å².